The third-order valence-electron chi connectivity index (χ3n) is 6.60. The third-order valence-corrected chi connectivity index (χ3v) is 11.1. The minimum Gasteiger partial charge on any atom is -0.460 e. The number of amides is 1. The summed E-state index contributed by atoms with van der Waals surface area (Å²) in [4.78, 5) is 24.5. The minimum atomic E-state index is -1.92. The van der Waals surface area contributed by atoms with E-state index in [1.54, 1.807) is 29.3 Å². The smallest absolute Gasteiger partial charge is 0.338 e. The van der Waals surface area contributed by atoms with E-state index in [-0.39, 0.29) is 29.6 Å². The van der Waals surface area contributed by atoms with Crippen LogP contribution in [0.3, 0.4) is 0 Å². The second-order valence-electron chi connectivity index (χ2n) is 10.3. The first-order valence-electron chi connectivity index (χ1n) is 12.5. The third kappa shape index (κ3) is 8.57. The van der Waals surface area contributed by atoms with Crippen molar-refractivity contribution in [2.75, 3.05) is 26.2 Å². The van der Waals surface area contributed by atoms with Gasteiger partial charge in [0.05, 0.1) is 18.7 Å². The zero-order valence-corrected chi connectivity index (χ0v) is 22.9. The van der Waals surface area contributed by atoms with Gasteiger partial charge < -0.3 is 9.16 Å². The first-order valence-corrected chi connectivity index (χ1v) is 15.4. The van der Waals surface area contributed by atoms with Crippen molar-refractivity contribution in [3.05, 3.63) is 35.9 Å². The van der Waals surface area contributed by atoms with Gasteiger partial charge in [0.25, 0.3) is 0 Å². The number of hydrogen-bond acceptors (Lipinski definition) is 5. The van der Waals surface area contributed by atoms with E-state index in [0.29, 0.717) is 31.6 Å². The largest absolute Gasteiger partial charge is 0.460 e. The molecule has 1 atom stereocenters. The molecule has 2 rings (SSSR count). The Morgan fingerprint density at radius 3 is 2.53 bits per heavy atom. The summed E-state index contributed by atoms with van der Waals surface area (Å²) in [7, 11) is -1.92. The van der Waals surface area contributed by atoms with E-state index in [1.165, 1.54) is 12.8 Å². The summed E-state index contributed by atoms with van der Waals surface area (Å²) in [5.41, 5.74) is 0.508. The van der Waals surface area contributed by atoms with Crippen LogP contribution in [-0.2, 0) is 14.0 Å². The summed E-state index contributed by atoms with van der Waals surface area (Å²) < 4.78 is 12.0. The molecule has 34 heavy (non-hydrogen) atoms. The maximum Gasteiger partial charge on any atom is 0.338 e. The van der Waals surface area contributed by atoms with Crippen molar-refractivity contribution in [3.8, 4) is 11.8 Å². The maximum absolute atomic E-state index is 12.4. The van der Waals surface area contributed by atoms with Crippen LogP contribution >= 0.6 is 0 Å². The number of esters is 1. The molecule has 1 fully saturated rings. The van der Waals surface area contributed by atoms with Crippen LogP contribution < -0.4 is 0 Å². The molecule has 1 aromatic rings. The standard InChI is InChI=1S/C27H42N2O4Si/c1-7-8-10-16-24(33-34(5,6)27(2,3)4)17-13-19-28-20-18-25(30)29(28)21-22-32-26(31)23-14-11-9-12-15-23/h9,11-12,14-15,24H,7-8,10,16,18-22H2,1-6H3. The molecule has 1 aliphatic rings. The van der Waals surface area contributed by atoms with Crippen molar-refractivity contribution >= 4 is 20.2 Å². The number of carbonyl (C=O) groups excluding carboxylic acids is 2. The lowest BCUT2D eigenvalue weighted by atomic mass is 10.1. The summed E-state index contributed by atoms with van der Waals surface area (Å²) in [6, 6.07) is 8.88. The molecule has 188 valence electrons. The van der Waals surface area contributed by atoms with Gasteiger partial charge in [-0.15, -0.1) is 0 Å². The van der Waals surface area contributed by atoms with Gasteiger partial charge >= 0.3 is 5.97 Å². The first-order chi connectivity index (χ1) is 16.0. The van der Waals surface area contributed by atoms with Gasteiger partial charge in [0.15, 0.2) is 8.32 Å². The molecule has 0 radical (unpaired) electrons. The Hall–Kier alpha value is -2.14. The number of nitrogens with zero attached hydrogens (tertiary/aromatic N) is 2. The lowest BCUT2D eigenvalue weighted by Crippen LogP contribution is -2.44. The molecule has 0 spiro atoms. The Kier molecular flexibility index (Phi) is 10.8. The van der Waals surface area contributed by atoms with Gasteiger partial charge in [-0.05, 0) is 43.1 Å². The summed E-state index contributed by atoms with van der Waals surface area (Å²) >= 11 is 0. The summed E-state index contributed by atoms with van der Waals surface area (Å²) in [5.74, 6) is 6.30. The van der Waals surface area contributed by atoms with Crippen molar-refractivity contribution < 1.29 is 18.8 Å². The molecule has 0 bridgehead atoms. The summed E-state index contributed by atoms with van der Waals surface area (Å²) in [6.07, 6.45) is 4.76. The molecule has 1 heterocycles. The van der Waals surface area contributed by atoms with Crippen LogP contribution in [0.4, 0.5) is 0 Å². The lowest BCUT2D eigenvalue weighted by molar-refractivity contribution is -0.138. The molecular formula is C27H42N2O4Si. The van der Waals surface area contributed by atoms with Gasteiger partial charge in [0.1, 0.15) is 12.7 Å². The molecule has 1 amide bonds. The number of benzene rings is 1. The summed E-state index contributed by atoms with van der Waals surface area (Å²) in [6.45, 7) is 15.0. The van der Waals surface area contributed by atoms with Gasteiger partial charge in [-0.2, -0.15) is 0 Å². The number of rotatable bonds is 11. The van der Waals surface area contributed by atoms with Gasteiger partial charge in [-0.1, -0.05) is 70.6 Å². The average Bonchev–Trinajstić information content (AvgIpc) is 3.12. The summed E-state index contributed by atoms with van der Waals surface area (Å²) in [5, 5.41) is 3.74. The molecule has 1 saturated heterocycles. The van der Waals surface area contributed by atoms with Crippen LogP contribution in [0.25, 0.3) is 0 Å². The Morgan fingerprint density at radius 1 is 1.18 bits per heavy atom. The second-order valence-corrected chi connectivity index (χ2v) is 15.1. The van der Waals surface area contributed by atoms with Crippen molar-refractivity contribution in [1.82, 2.24) is 10.0 Å². The van der Waals surface area contributed by atoms with Crippen LogP contribution in [0.2, 0.25) is 18.1 Å². The number of carbonyl (C=O) groups is 2. The van der Waals surface area contributed by atoms with Crippen LogP contribution in [0.15, 0.2) is 30.3 Å². The van der Waals surface area contributed by atoms with Crippen molar-refractivity contribution in [2.45, 2.75) is 84.0 Å². The van der Waals surface area contributed by atoms with E-state index in [1.807, 2.05) is 11.1 Å². The zero-order chi connectivity index (χ0) is 25.2. The van der Waals surface area contributed by atoms with Gasteiger partial charge in [-0.25, -0.2) is 9.80 Å². The Labute approximate surface area is 207 Å². The number of unbranched alkanes of at least 4 members (excludes halogenated alkanes) is 2. The van der Waals surface area contributed by atoms with E-state index in [4.69, 9.17) is 9.16 Å². The number of hydrazine groups is 1. The number of hydrogen-bond donors (Lipinski definition) is 0. The zero-order valence-electron chi connectivity index (χ0n) is 21.9. The van der Waals surface area contributed by atoms with E-state index < -0.39 is 8.32 Å². The fourth-order valence-corrected chi connectivity index (χ4v) is 4.71. The van der Waals surface area contributed by atoms with Gasteiger partial charge in [0.2, 0.25) is 5.91 Å². The fraction of sp³-hybridized carbons (Fsp3) is 0.630. The normalized spacial score (nSPS) is 15.7. The van der Waals surface area contributed by atoms with Crippen LogP contribution in [0.1, 0.15) is 70.2 Å². The van der Waals surface area contributed by atoms with Gasteiger partial charge in [-0.3, -0.25) is 9.80 Å². The van der Waals surface area contributed by atoms with Crippen LogP contribution in [-0.4, -0.2) is 62.6 Å². The van der Waals surface area contributed by atoms with Gasteiger partial charge in [0, 0.05) is 13.0 Å². The molecule has 1 aromatic carbocycles. The molecule has 6 nitrogen and oxygen atoms in total. The predicted molar refractivity (Wildman–Crippen MR) is 139 cm³/mol. The number of ether oxygens (including phenoxy) is 1. The second kappa shape index (κ2) is 13.1. The molecule has 0 aromatic heterocycles. The molecule has 0 N–H and O–H groups in total. The highest BCUT2D eigenvalue weighted by atomic mass is 28.4. The predicted octanol–water partition coefficient (Wildman–Crippen LogP) is 5.27. The monoisotopic (exact) mass is 486 g/mol. The maximum atomic E-state index is 12.4. The highest BCUT2D eigenvalue weighted by molar-refractivity contribution is 6.74. The van der Waals surface area contributed by atoms with Crippen molar-refractivity contribution in [3.63, 3.8) is 0 Å². The SMILES string of the molecule is CCCCCC(C#CCN1CCC(=O)N1CCOC(=O)c1ccccc1)O[Si](C)(C)C(C)(C)C. The molecule has 7 heteroatoms. The van der Waals surface area contributed by atoms with E-state index in [0.717, 1.165) is 12.8 Å². The highest BCUT2D eigenvalue weighted by Crippen LogP contribution is 2.37. The minimum absolute atomic E-state index is 0.0366. The Bertz CT molecular complexity index is 855. The van der Waals surface area contributed by atoms with E-state index in [9.17, 15) is 9.59 Å². The average molecular weight is 487 g/mol. The molecule has 1 unspecified atom stereocenters. The van der Waals surface area contributed by atoms with Crippen LogP contribution in [0, 0.1) is 11.8 Å². The molecule has 0 aliphatic carbocycles. The highest BCUT2D eigenvalue weighted by Gasteiger charge is 2.38. The molecular weight excluding hydrogens is 444 g/mol. The van der Waals surface area contributed by atoms with Crippen molar-refractivity contribution in [1.29, 1.82) is 0 Å². The Morgan fingerprint density at radius 2 is 1.88 bits per heavy atom. The first kappa shape index (κ1) is 28.1. The molecule has 1 aliphatic heterocycles. The van der Waals surface area contributed by atoms with E-state index in [2.05, 4.69) is 52.6 Å². The quantitative estimate of drug-likeness (QED) is 0.185. The van der Waals surface area contributed by atoms with Crippen LogP contribution in [0.5, 0.6) is 0 Å². The fourth-order valence-electron chi connectivity index (χ4n) is 3.47. The lowest BCUT2D eigenvalue weighted by Gasteiger charge is -2.38. The van der Waals surface area contributed by atoms with Crippen molar-refractivity contribution in [2.24, 2.45) is 0 Å². The topological polar surface area (TPSA) is 59.1 Å². The van der Waals surface area contributed by atoms with E-state index >= 15 is 0 Å². The Balaban J connectivity index is 1.94. The molecule has 0 saturated carbocycles.